The largest absolute Gasteiger partial charge is 0.385 e. The van der Waals surface area contributed by atoms with E-state index in [-0.39, 0.29) is 94.2 Å². The van der Waals surface area contributed by atoms with E-state index in [0.29, 0.717) is 89.1 Å². The topological polar surface area (TPSA) is 210 Å². The van der Waals surface area contributed by atoms with E-state index >= 15 is 0 Å². The quantitative estimate of drug-likeness (QED) is 0.0416. The molecule has 3 N–H and O–H groups in total. The Morgan fingerprint density at radius 1 is 0.800 bits per heavy atom. The van der Waals surface area contributed by atoms with Crippen LogP contribution in [0.25, 0.3) is 0 Å². The lowest BCUT2D eigenvalue weighted by molar-refractivity contribution is -0.145. The van der Waals surface area contributed by atoms with Gasteiger partial charge in [0.2, 0.25) is 17.7 Å². The first-order chi connectivity index (χ1) is 40.0. The van der Waals surface area contributed by atoms with Crippen LogP contribution < -0.4 is 16.0 Å². The van der Waals surface area contributed by atoms with Gasteiger partial charge in [-0.15, -0.1) is 11.3 Å². The molecule has 1 heterocycles. The Bertz CT molecular complexity index is 2380. The van der Waals surface area contributed by atoms with Gasteiger partial charge in [0.15, 0.2) is 11.6 Å². The number of nitrogens with one attached hydrogen (secondary N) is 3. The first kappa shape index (κ1) is 77.1. The van der Waals surface area contributed by atoms with Crippen LogP contribution in [-0.4, -0.2) is 143 Å². The number of carbonyl (C=O) groups is 8. The van der Waals surface area contributed by atoms with Crippen molar-refractivity contribution < 1.29 is 47.8 Å². The number of aryl methyl sites for hydroxylation is 1. The Labute approximate surface area is 523 Å². The number of nitrogens with zero attached hydrogens (tertiary/aromatic N) is 3. The van der Waals surface area contributed by atoms with Crippen molar-refractivity contribution in [2.45, 2.75) is 234 Å². The summed E-state index contributed by atoms with van der Waals surface area (Å²) in [5, 5.41) is 11.5. The standard InChI is InChI=1S/C66H110N6O10S3/c1-18-34-72(64(80)52(46(8)20-3)40-59(76)66(13,14)71(15)16)55(44(5)6)41-58(82-35-19-2)63-70-54(42-83-63)62(79)68-50(39-49-29-27-45(7)28-30-49)37-47(9)57(75)38-48(10)61(78)69-53(56(74)26-24-36-81-17)25-22-23-33-67-60(77)43-84-85-65(11,12)32-31-51(73)21-4/h27-30,42,44,46-48,50,52-53,55,58H,18-26,31-41,43H2,1-17H3,(H,67,77)(H,68,79)(H,69,78)/t46?,47?,48?,50-,52+,53?,55-,58-/m1/s1. The van der Waals surface area contributed by atoms with E-state index in [2.05, 4.69) is 64.4 Å². The minimum Gasteiger partial charge on any atom is -0.385 e. The summed E-state index contributed by atoms with van der Waals surface area (Å²) in [7, 11) is 8.42. The number of hydrogen-bond donors (Lipinski definition) is 3. The normalized spacial score (nSPS) is 14.9. The molecule has 482 valence electrons. The zero-order valence-electron chi connectivity index (χ0n) is 55.1. The number of rotatable bonds is 46. The van der Waals surface area contributed by atoms with E-state index in [1.165, 1.54) is 22.1 Å². The molecule has 8 atom stereocenters. The minimum atomic E-state index is -0.759. The lowest BCUT2D eigenvalue weighted by atomic mass is 9.81. The first-order valence-electron chi connectivity index (χ1n) is 31.4. The number of unbranched alkanes of at least 4 members (excludes halogenated alkanes) is 1. The second-order valence-corrected chi connectivity index (χ2v) is 29.0. The number of aromatic nitrogens is 1. The van der Waals surface area contributed by atoms with E-state index in [1.54, 1.807) is 30.2 Å². The molecule has 1 aromatic carbocycles. The third-order valence-corrected chi connectivity index (χ3v) is 20.6. The highest BCUT2D eigenvalue weighted by Gasteiger charge is 2.40. The van der Waals surface area contributed by atoms with E-state index in [4.69, 9.17) is 14.5 Å². The van der Waals surface area contributed by atoms with Crippen molar-refractivity contribution in [1.82, 2.24) is 30.7 Å². The second-order valence-electron chi connectivity index (χ2n) is 25.1. The Hall–Kier alpha value is -4.01. The van der Waals surface area contributed by atoms with Crippen molar-refractivity contribution in [3.05, 3.63) is 51.5 Å². The number of hydrogen-bond acceptors (Lipinski definition) is 15. The molecule has 0 aliphatic rings. The average Bonchev–Trinajstić information content (AvgIpc) is 3.87. The molecule has 2 aromatic rings. The summed E-state index contributed by atoms with van der Waals surface area (Å²) in [4.78, 5) is 118. The molecule has 19 heteroatoms. The number of amides is 4. The van der Waals surface area contributed by atoms with Crippen LogP contribution in [-0.2, 0) is 49.5 Å². The van der Waals surface area contributed by atoms with Crippen LogP contribution in [0.15, 0.2) is 29.6 Å². The Kier molecular flexibility index (Phi) is 36.1. The van der Waals surface area contributed by atoms with Gasteiger partial charge in [-0.05, 0) is 124 Å². The fraction of sp³-hybridized carbons (Fsp3) is 0.742. The van der Waals surface area contributed by atoms with Gasteiger partial charge in [0.25, 0.3) is 5.91 Å². The number of likely N-dealkylation sites (N-methyl/N-ethyl adjacent to an activating group) is 1. The average molecular weight is 1240 g/mol. The summed E-state index contributed by atoms with van der Waals surface area (Å²) in [6, 6.07) is 6.58. The predicted molar refractivity (Wildman–Crippen MR) is 349 cm³/mol. The lowest BCUT2D eigenvalue weighted by Gasteiger charge is -2.40. The maximum atomic E-state index is 14.9. The molecule has 1 aromatic heterocycles. The van der Waals surface area contributed by atoms with Crippen molar-refractivity contribution in [2.75, 3.05) is 53.3 Å². The first-order valence-corrected chi connectivity index (χ1v) is 34.6. The van der Waals surface area contributed by atoms with Crippen molar-refractivity contribution >= 4 is 79.7 Å². The number of benzene rings is 1. The van der Waals surface area contributed by atoms with Gasteiger partial charge in [-0.1, -0.05) is 120 Å². The highest BCUT2D eigenvalue weighted by atomic mass is 33.1. The maximum Gasteiger partial charge on any atom is 0.270 e. The van der Waals surface area contributed by atoms with Gasteiger partial charge in [-0.3, -0.25) is 43.3 Å². The summed E-state index contributed by atoms with van der Waals surface area (Å²) in [6.45, 7) is 29.6. The monoisotopic (exact) mass is 1240 g/mol. The molecule has 0 spiro atoms. The van der Waals surface area contributed by atoms with Gasteiger partial charge < -0.3 is 30.3 Å². The van der Waals surface area contributed by atoms with Crippen molar-refractivity contribution in [1.29, 1.82) is 0 Å². The molecule has 85 heavy (non-hydrogen) atoms. The van der Waals surface area contributed by atoms with E-state index in [9.17, 15) is 38.4 Å². The molecule has 0 radical (unpaired) electrons. The fourth-order valence-corrected chi connectivity index (χ4v) is 13.2. The van der Waals surface area contributed by atoms with Crippen molar-refractivity contribution in [2.24, 2.45) is 29.6 Å². The van der Waals surface area contributed by atoms with Crippen LogP contribution in [0.1, 0.15) is 219 Å². The van der Waals surface area contributed by atoms with Crippen LogP contribution in [0, 0.1) is 36.5 Å². The number of thiazole rings is 1. The summed E-state index contributed by atoms with van der Waals surface area (Å²) in [5.41, 5.74) is 1.57. The summed E-state index contributed by atoms with van der Waals surface area (Å²) < 4.78 is 11.6. The molecular formula is C66H110N6O10S3. The highest BCUT2D eigenvalue weighted by Crippen LogP contribution is 2.39. The molecule has 0 aliphatic carbocycles. The van der Waals surface area contributed by atoms with Gasteiger partial charge in [0, 0.05) is 112 Å². The van der Waals surface area contributed by atoms with Gasteiger partial charge in [0.05, 0.1) is 17.3 Å². The van der Waals surface area contributed by atoms with E-state index < -0.39 is 47.4 Å². The molecule has 16 nitrogen and oxygen atoms in total. The maximum absolute atomic E-state index is 14.9. The van der Waals surface area contributed by atoms with Gasteiger partial charge in [0.1, 0.15) is 28.4 Å². The van der Waals surface area contributed by atoms with Gasteiger partial charge >= 0.3 is 0 Å². The molecule has 0 fully saturated rings. The van der Waals surface area contributed by atoms with E-state index in [0.717, 1.165) is 36.8 Å². The molecule has 4 amide bonds. The second kappa shape index (κ2) is 39.8. The third-order valence-electron chi connectivity index (χ3n) is 16.5. The smallest absolute Gasteiger partial charge is 0.270 e. The molecular weight excluding hydrogens is 1130 g/mol. The number of Topliss-reactive ketones (excluding diaryl/α,β-unsaturated/α-hetero) is 4. The highest BCUT2D eigenvalue weighted by molar-refractivity contribution is 8.77. The van der Waals surface area contributed by atoms with Gasteiger partial charge in [-0.2, -0.15) is 0 Å². The number of ether oxygens (including phenoxy) is 2. The summed E-state index contributed by atoms with van der Waals surface area (Å²) in [6.07, 6.45) is 7.11. The Morgan fingerprint density at radius 2 is 1.48 bits per heavy atom. The number of carbonyl (C=O) groups excluding carboxylic acids is 8. The Balaban J connectivity index is 2.27. The molecule has 2 rings (SSSR count). The molecule has 0 aliphatic heterocycles. The van der Waals surface area contributed by atoms with Crippen molar-refractivity contribution in [3.63, 3.8) is 0 Å². The number of ketones is 4. The van der Waals surface area contributed by atoms with Crippen molar-refractivity contribution in [3.8, 4) is 0 Å². The SMILES string of the molecule is CCCO[C@H](C[C@H](C(C)C)N(CCC)C(=O)[C@@H](CC(=O)C(C)(C)N(C)C)C(C)CC)c1nc(C(=O)N[C@@H](Cc2ccc(C)cc2)CC(C)C(=O)CC(C)C(=O)NC(CCCCNC(=O)CSSC(C)(C)CCC(=O)CC)C(=O)CCCOC)cs1. The molecule has 4 unspecified atom stereocenters. The zero-order chi connectivity index (χ0) is 64.0. The van der Waals surface area contributed by atoms with E-state index in [1.807, 2.05) is 89.7 Å². The predicted octanol–water partition coefficient (Wildman–Crippen LogP) is 12.2. The Morgan fingerprint density at radius 3 is 2.08 bits per heavy atom. The van der Waals surface area contributed by atoms with Crippen LogP contribution in [0.2, 0.25) is 0 Å². The fourth-order valence-electron chi connectivity index (χ4n) is 9.89. The van der Waals surface area contributed by atoms with Crippen LogP contribution in [0.3, 0.4) is 0 Å². The van der Waals surface area contributed by atoms with Crippen LogP contribution in [0.5, 0.6) is 0 Å². The molecule has 0 saturated carbocycles. The minimum absolute atomic E-state index is 0.0147. The summed E-state index contributed by atoms with van der Waals surface area (Å²) in [5.74, 6) is -2.33. The van der Waals surface area contributed by atoms with Gasteiger partial charge in [-0.25, -0.2) is 4.98 Å². The van der Waals surface area contributed by atoms with Crippen LogP contribution in [0.4, 0.5) is 0 Å². The zero-order valence-corrected chi connectivity index (χ0v) is 57.5. The molecule has 0 saturated heterocycles. The lowest BCUT2D eigenvalue weighted by Crippen LogP contribution is -2.51. The third kappa shape index (κ3) is 27.9. The summed E-state index contributed by atoms with van der Waals surface area (Å²) >= 11 is 1.34. The van der Waals surface area contributed by atoms with Crippen LogP contribution >= 0.6 is 32.9 Å². The molecule has 0 bridgehead atoms. The number of methoxy groups -OCH3 is 1.